The van der Waals surface area contributed by atoms with E-state index >= 15 is 0 Å². The summed E-state index contributed by atoms with van der Waals surface area (Å²) < 4.78 is 4.22. The molecule has 76 valence electrons. The van der Waals surface area contributed by atoms with Gasteiger partial charge in [-0.15, -0.1) is 0 Å². The number of carbonyl (C=O) groups is 1. The minimum atomic E-state index is 0.341. The van der Waals surface area contributed by atoms with Gasteiger partial charge >= 0.3 is 0 Å². The van der Waals surface area contributed by atoms with Crippen LogP contribution in [-0.4, -0.2) is 15.1 Å². The van der Waals surface area contributed by atoms with Gasteiger partial charge in [-0.25, -0.2) is 4.98 Å². The number of aryl methyl sites for hydroxylation is 1. The highest BCUT2D eigenvalue weighted by Gasteiger charge is 2.29. The number of hydrogen-bond acceptors (Lipinski definition) is 4. The number of hydrogen-bond donors (Lipinski definition) is 0. The van der Waals surface area contributed by atoms with Crippen molar-refractivity contribution >= 4 is 17.3 Å². The molecular formula is C10H14N2OS. The van der Waals surface area contributed by atoms with E-state index in [4.69, 9.17) is 0 Å². The van der Waals surface area contributed by atoms with Crippen LogP contribution in [-0.2, 0) is 17.6 Å². The number of carbonyl (C=O) groups excluding carboxylic acids is 1. The second-order valence-corrected chi connectivity index (χ2v) is 4.61. The molecule has 0 bridgehead atoms. The van der Waals surface area contributed by atoms with Gasteiger partial charge in [0.2, 0.25) is 0 Å². The van der Waals surface area contributed by atoms with Gasteiger partial charge in [-0.1, -0.05) is 6.92 Å². The summed E-state index contributed by atoms with van der Waals surface area (Å²) in [6, 6.07) is 0. The topological polar surface area (TPSA) is 42.9 Å². The maximum Gasteiger partial charge on any atom is 0.142 e. The summed E-state index contributed by atoms with van der Waals surface area (Å²) in [7, 11) is 0. The zero-order valence-corrected chi connectivity index (χ0v) is 9.14. The normalized spacial score (nSPS) is 15.8. The lowest BCUT2D eigenvalue weighted by Crippen LogP contribution is -2.04. The summed E-state index contributed by atoms with van der Waals surface area (Å²) in [6.07, 6.45) is 4.66. The van der Waals surface area contributed by atoms with Crippen LogP contribution in [0.1, 0.15) is 37.0 Å². The van der Waals surface area contributed by atoms with Crippen molar-refractivity contribution in [3.8, 4) is 0 Å². The SMILES string of the molecule is CCCc1nsc(CC(=O)C2CC2)n1. The first-order valence-electron chi connectivity index (χ1n) is 5.13. The molecule has 1 aliphatic rings. The molecule has 0 N–H and O–H groups in total. The third-order valence-corrected chi connectivity index (χ3v) is 3.09. The molecule has 0 aromatic carbocycles. The average Bonchev–Trinajstić information content (AvgIpc) is 2.92. The van der Waals surface area contributed by atoms with Crippen molar-refractivity contribution in [3.63, 3.8) is 0 Å². The maximum absolute atomic E-state index is 11.5. The molecule has 14 heavy (non-hydrogen) atoms. The number of Topliss-reactive ketones (excluding diaryl/α,β-unsaturated/α-hetero) is 1. The molecule has 1 aliphatic carbocycles. The van der Waals surface area contributed by atoms with Crippen molar-refractivity contribution in [3.05, 3.63) is 10.8 Å². The highest BCUT2D eigenvalue weighted by atomic mass is 32.1. The molecule has 0 aliphatic heterocycles. The van der Waals surface area contributed by atoms with Gasteiger partial charge in [-0.05, 0) is 30.8 Å². The van der Waals surface area contributed by atoms with Crippen molar-refractivity contribution in [2.75, 3.05) is 0 Å². The molecule has 0 amide bonds. The second-order valence-electron chi connectivity index (χ2n) is 3.77. The molecule has 1 fully saturated rings. The summed E-state index contributed by atoms with van der Waals surface area (Å²) in [4.78, 5) is 15.8. The molecule has 0 spiro atoms. The Labute approximate surface area is 87.7 Å². The largest absolute Gasteiger partial charge is 0.299 e. The Balaban J connectivity index is 1.91. The first kappa shape index (κ1) is 9.77. The molecule has 0 unspecified atom stereocenters. The maximum atomic E-state index is 11.5. The Hall–Kier alpha value is -0.770. The fourth-order valence-corrected chi connectivity index (χ4v) is 2.08. The van der Waals surface area contributed by atoms with E-state index in [0.717, 1.165) is 36.5 Å². The van der Waals surface area contributed by atoms with Gasteiger partial charge < -0.3 is 0 Å². The summed E-state index contributed by atoms with van der Waals surface area (Å²) in [5.74, 6) is 1.59. The zero-order chi connectivity index (χ0) is 9.97. The number of ketones is 1. The van der Waals surface area contributed by atoms with Crippen LogP contribution in [0.25, 0.3) is 0 Å². The molecular weight excluding hydrogens is 196 g/mol. The minimum absolute atomic E-state index is 0.341. The second kappa shape index (κ2) is 4.17. The number of aromatic nitrogens is 2. The van der Waals surface area contributed by atoms with E-state index in [-0.39, 0.29) is 0 Å². The molecule has 1 saturated carbocycles. The molecule has 0 radical (unpaired) electrons. The fraction of sp³-hybridized carbons (Fsp3) is 0.700. The summed E-state index contributed by atoms with van der Waals surface area (Å²) in [5.41, 5.74) is 0. The molecule has 4 heteroatoms. The summed E-state index contributed by atoms with van der Waals surface area (Å²) in [6.45, 7) is 2.11. The molecule has 1 aromatic rings. The molecule has 1 aromatic heterocycles. The quantitative estimate of drug-likeness (QED) is 0.746. The van der Waals surface area contributed by atoms with E-state index in [1.54, 1.807) is 0 Å². The van der Waals surface area contributed by atoms with E-state index in [9.17, 15) is 4.79 Å². The highest BCUT2D eigenvalue weighted by Crippen LogP contribution is 2.31. The Morgan fingerprint density at radius 2 is 2.36 bits per heavy atom. The number of nitrogens with zero attached hydrogens (tertiary/aromatic N) is 2. The lowest BCUT2D eigenvalue weighted by atomic mass is 10.2. The highest BCUT2D eigenvalue weighted by molar-refractivity contribution is 7.05. The van der Waals surface area contributed by atoms with Crippen LogP contribution in [0, 0.1) is 5.92 Å². The van der Waals surface area contributed by atoms with Gasteiger partial charge in [0.15, 0.2) is 0 Å². The van der Waals surface area contributed by atoms with Crippen molar-refractivity contribution < 1.29 is 4.79 Å². The van der Waals surface area contributed by atoms with Crippen LogP contribution in [0.2, 0.25) is 0 Å². The third kappa shape index (κ3) is 2.38. The smallest absolute Gasteiger partial charge is 0.142 e. The van der Waals surface area contributed by atoms with Gasteiger partial charge in [0.25, 0.3) is 0 Å². The Bertz CT molecular complexity index is 331. The summed E-state index contributed by atoms with van der Waals surface area (Å²) in [5, 5.41) is 0.894. The van der Waals surface area contributed by atoms with Crippen LogP contribution in [0.15, 0.2) is 0 Å². The fourth-order valence-electron chi connectivity index (χ4n) is 1.39. The average molecular weight is 210 g/mol. The lowest BCUT2D eigenvalue weighted by molar-refractivity contribution is -0.119. The van der Waals surface area contributed by atoms with E-state index < -0.39 is 0 Å². The Morgan fingerprint density at radius 1 is 1.57 bits per heavy atom. The number of rotatable bonds is 5. The van der Waals surface area contributed by atoms with Crippen LogP contribution >= 0.6 is 11.5 Å². The van der Waals surface area contributed by atoms with E-state index in [1.165, 1.54) is 11.5 Å². The standard InChI is InChI=1S/C10H14N2OS/c1-2-3-9-11-10(14-12-9)6-8(13)7-4-5-7/h7H,2-6H2,1H3. The van der Waals surface area contributed by atoms with Crippen LogP contribution < -0.4 is 0 Å². The van der Waals surface area contributed by atoms with Gasteiger partial charge in [-0.2, -0.15) is 4.37 Å². The third-order valence-electron chi connectivity index (χ3n) is 2.34. The van der Waals surface area contributed by atoms with Crippen molar-refractivity contribution in [2.24, 2.45) is 5.92 Å². The molecule has 0 saturated heterocycles. The minimum Gasteiger partial charge on any atom is -0.299 e. The summed E-state index contributed by atoms with van der Waals surface area (Å²) >= 11 is 1.38. The Morgan fingerprint density at radius 3 is 3.00 bits per heavy atom. The lowest BCUT2D eigenvalue weighted by Gasteiger charge is -1.91. The van der Waals surface area contributed by atoms with E-state index in [0.29, 0.717) is 18.1 Å². The van der Waals surface area contributed by atoms with Crippen molar-refractivity contribution in [1.29, 1.82) is 0 Å². The predicted molar refractivity (Wildman–Crippen MR) is 55.3 cm³/mol. The molecule has 1 heterocycles. The van der Waals surface area contributed by atoms with Crippen molar-refractivity contribution in [2.45, 2.75) is 39.0 Å². The van der Waals surface area contributed by atoms with Gasteiger partial charge in [0, 0.05) is 12.3 Å². The monoisotopic (exact) mass is 210 g/mol. The van der Waals surface area contributed by atoms with E-state index in [2.05, 4.69) is 16.3 Å². The first-order valence-corrected chi connectivity index (χ1v) is 5.91. The predicted octanol–water partition coefficient (Wildman–Crippen LogP) is 2.01. The van der Waals surface area contributed by atoms with Crippen LogP contribution in [0.3, 0.4) is 0 Å². The molecule has 0 atom stereocenters. The molecule has 3 nitrogen and oxygen atoms in total. The van der Waals surface area contributed by atoms with Crippen LogP contribution in [0.4, 0.5) is 0 Å². The Kier molecular flexibility index (Phi) is 2.91. The van der Waals surface area contributed by atoms with Gasteiger partial charge in [0.05, 0.1) is 6.42 Å². The van der Waals surface area contributed by atoms with E-state index in [1.807, 2.05) is 0 Å². The van der Waals surface area contributed by atoms with Gasteiger partial charge in [-0.3, -0.25) is 4.79 Å². The van der Waals surface area contributed by atoms with Crippen molar-refractivity contribution in [1.82, 2.24) is 9.36 Å². The van der Waals surface area contributed by atoms with Gasteiger partial charge in [0.1, 0.15) is 16.6 Å². The first-order chi connectivity index (χ1) is 6.79. The molecule has 2 rings (SSSR count). The van der Waals surface area contributed by atoms with Crippen LogP contribution in [0.5, 0.6) is 0 Å². The zero-order valence-electron chi connectivity index (χ0n) is 8.32.